The quantitative estimate of drug-likeness (QED) is 0.594. The van der Waals surface area contributed by atoms with Crippen molar-refractivity contribution in [1.82, 2.24) is 0 Å². The van der Waals surface area contributed by atoms with Crippen LogP contribution in [0.5, 0.6) is 17.2 Å². The molecule has 0 heterocycles. The van der Waals surface area contributed by atoms with E-state index in [-0.39, 0.29) is 23.2 Å². The van der Waals surface area contributed by atoms with Crippen LogP contribution in [0.15, 0.2) is 72.8 Å². The minimum absolute atomic E-state index is 0.0400. The summed E-state index contributed by atoms with van der Waals surface area (Å²) >= 11 is 0. The molecule has 0 radical (unpaired) electrons. The first-order valence-electron chi connectivity index (χ1n) is 8.00. The fourth-order valence-electron chi connectivity index (χ4n) is 2.58. The highest BCUT2D eigenvalue weighted by molar-refractivity contribution is 5.46. The Balaban J connectivity index is 0.00000100. The van der Waals surface area contributed by atoms with Crippen LogP contribution in [0.4, 0.5) is 0 Å². The summed E-state index contributed by atoms with van der Waals surface area (Å²) < 4.78 is 0. The average Bonchev–Trinajstić information content (AvgIpc) is 2.62. The fourth-order valence-corrected chi connectivity index (χ4v) is 2.58. The predicted molar refractivity (Wildman–Crippen MR) is 96.6 cm³/mol. The molecule has 3 heteroatoms. The van der Waals surface area contributed by atoms with E-state index in [9.17, 15) is 15.3 Å². The van der Waals surface area contributed by atoms with Gasteiger partial charge in [0.15, 0.2) is 0 Å². The second-order valence-corrected chi connectivity index (χ2v) is 5.21. The van der Waals surface area contributed by atoms with Gasteiger partial charge in [-0.3, -0.25) is 0 Å². The van der Waals surface area contributed by atoms with Gasteiger partial charge in [0.25, 0.3) is 0 Å². The molecule has 3 rings (SSSR count). The van der Waals surface area contributed by atoms with E-state index in [1.165, 1.54) is 0 Å². The number of phenolic OH excluding ortho intramolecular Hbond substituents is 3. The summed E-state index contributed by atoms with van der Waals surface area (Å²) in [6.07, 6.45) is 0. The smallest absolute Gasteiger partial charge is 0.115 e. The number of rotatable bonds is 3. The SMILES string of the molecule is CC.Oc1ccc(C(c2ccc(O)cc2)c2ccc(O)cc2)cc1. The first kappa shape index (κ1) is 17.4. The van der Waals surface area contributed by atoms with Gasteiger partial charge in [-0.15, -0.1) is 0 Å². The van der Waals surface area contributed by atoms with Crippen molar-refractivity contribution in [3.8, 4) is 17.2 Å². The third-order valence-electron chi connectivity index (χ3n) is 3.68. The standard InChI is InChI=1S/C19H16O3.C2H6/c20-16-7-1-13(2-8-16)19(14-3-9-17(21)10-4-14)15-5-11-18(22)12-6-15;1-2/h1-12,19-22H;1-2H3. The molecule has 0 fully saturated rings. The molecular formula is C21H22O3. The molecule has 3 N–H and O–H groups in total. The largest absolute Gasteiger partial charge is 0.508 e. The third kappa shape index (κ3) is 4.07. The lowest BCUT2D eigenvalue weighted by molar-refractivity contribution is 0.475. The monoisotopic (exact) mass is 322 g/mol. The Labute approximate surface area is 142 Å². The summed E-state index contributed by atoms with van der Waals surface area (Å²) in [5.41, 5.74) is 3.07. The number of hydrogen-bond donors (Lipinski definition) is 3. The van der Waals surface area contributed by atoms with Crippen molar-refractivity contribution in [3.63, 3.8) is 0 Å². The lowest BCUT2D eigenvalue weighted by atomic mass is 9.85. The zero-order valence-electron chi connectivity index (χ0n) is 13.8. The molecule has 0 aliphatic heterocycles. The van der Waals surface area contributed by atoms with Crippen molar-refractivity contribution in [2.24, 2.45) is 0 Å². The Hall–Kier alpha value is -2.94. The Kier molecular flexibility index (Phi) is 5.85. The van der Waals surface area contributed by atoms with Crippen molar-refractivity contribution in [3.05, 3.63) is 89.5 Å². The zero-order chi connectivity index (χ0) is 17.5. The highest BCUT2D eigenvalue weighted by Crippen LogP contribution is 2.34. The number of hydrogen-bond acceptors (Lipinski definition) is 3. The molecule has 0 atom stereocenters. The van der Waals surface area contributed by atoms with Gasteiger partial charge in [0.05, 0.1) is 0 Å². The van der Waals surface area contributed by atoms with E-state index in [0.29, 0.717) is 0 Å². The highest BCUT2D eigenvalue weighted by Gasteiger charge is 2.16. The van der Waals surface area contributed by atoms with Crippen LogP contribution in [0.25, 0.3) is 0 Å². The first-order chi connectivity index (χ1) is 11.6. The molecule has 0 amide bonds. The molecule has 0 aromatic heterocycles. The van der Waals surface area contributed by atoms with Crippen molar-refractivity contribution >= 4 is 0 Å². The van der Waals surface area contributed by atoms with Gasteiger partial charge in [-0.25, -0.2) is 0 Å². The van der Waals surface area contributed by atoms with Gasteiger partial charge in [-0.2, -0.15) is 0 Å². The van der Waals surface area contributed by atoms with Gasteiger partial charge in [-0.1, -0.05) is 50.2 Å². The normalized spacial score (nSPS) is 10.1. The highest BCUT2D eigenvalue weighted by atomic mass is 16.3. The summed E-state index contributed by atoms with van der Waals surface area (Å²) in [4.78, 5) is 0. The number of phenols is 3. The molecular weight excluding hydrogens is 300 g/mol. The summed E-state index contributed by atoms with van der Waals surface area (Å²) in [6, 6.07) is 21.2. The van der Waals surface area contributed by atoms with Crippen LogP contribution in [0, 0.1) is 0 Å². The average molecular weight is 322 g/mol. The molecule has 3 aromatic rings. The number of benzene rings is 3. The van der Waals surface area contributed by atoms with E-state index in [1.807, 2.05) is 50.2 Å². The van der Waals surface area contributed by atoms with E-state index in [2.05, 4.69) is 0 Å². The lowest BCUT2D eigenvalue weighted by Crippen LogP contribution is -2.03. The van der Waals surface area contributed by atoms with Gasteiger partial charge >= 0.3 is 0 Å². The second kappa shape index (κ2) is 8.06. The van der Waals surface area contributed by atoms with Gasteiger partial charge in [0.1, 0.15) is 17.2 Å². The minimum Gasteiger partial charge on any atom is -0.508 e. The molecule has 0 saturated heterocycles. The van der Waals surface area contributed by atoms with E-state index in [4.69, 9.17) is 0 Å². The Morgan fingerprint density at radius 2 is 0.667 bits per heavy atom. The number of aromatic hydroxyl groups is 3. The van der Waals surface area contributed by atoms with E-state index in [1.54, 1.807) is 36.4 Å². The van der Waals surface area contributed by atoms with Crippen LogP contribution >= 0.6 is 0 Å². The van der Waals surface area contributed by atoms with E-state index >= 15 is 0 Å². The Morgan fingerprint density at radius 1 is 0.458 bits per heavy atom. The van der Waals surface area contributed by atoms with Gasteiger partial charge in [0, 0.05) is 5.92 Å². The maximum Gasteiger partial charge on any atom is 0.115 e. The van der Waals surface area contributed by atoms with Crippen molar-refractivity contribution in [1.29, 1.82) is 0 Å². The molecule has 0 bridgehead atoms. The maximum atomic E-state index is 9.49. The van der Waals surface area contributed by atoms with Crippen LogP contribution in [0.2, 0.25) is 0 Å². The van der Waals surface area contributed by atoms with Crippen molar-refractivity contribution < 1.29 is 15.3 Å². The summed E-state index contributed by atoms with van der Waals surface area (Å²) in [6.45, 7) is 4.00. The Morgan fingerprint density at radius 3 is 0.875 bits per heavy atom. The molecule has 0 aliphatic rings. The van der Waals surface area contributed by atoms with Gasteiger partial charge in [0.2, 0.25) is 0 Å². The molecule has 3 aromatic carbocycles. The molecule has 3 nitrogen and oxygen atoms in total. The predicted octanol–water partition coefficient (Wildman–Crippen LogP) is 5.01. The van der Waals surface area contributed by atoms with Crippen LogP contribution in [0.3, 0.4) is 0 Å². The fraction of sp³-hybridized carbons (Fsp3) is 0.143. The summed E-state index contributed by atoms with van der Waals surface area (Å²) in [5, 5.41) is 28.5. The van der Waals surface area contributed by atoms with Gasteiger partial charge in [-0.05, 0) is 53.1 Å². The van der Waals surface area contributed by atoms with E-state index in [0.717, 1.165) is 16.7 Å². The van der Waals surface area contributed by atoms with Crippen LogP contribution in [-0.2, 0) is 0 Å². The third-order valence-corrected chi connectivity index (χ3v) is 3.68. The maximum absolute atomic E-state index is 9.49. The molecule has 0 unspecified atom stereocenters. The van der Waals surface area contributed by atoms with Crippen molar-refractivity contribution in [2.45, 2.75) is 19.8 Å². The first-order valence-corrected chi connectivity index (χ1v) is 8.00. The molecule has 0 aliphatic carbocycles. The molecule has 124 valence electrons. The lowest BCUT2D eigenvalue weighted by Gasteiger charge is -2.19. The van der Waals surface area contributed by atoms with Crippen LogP contribution in [0.1, 0.15) is 36.5 Å². The van der Waals surface area contributed by atoms with Crippen molar-refractivity contribution in [2.75, 3.05) is 0 Å². The van der Waals surface area contributed by atoms with Crippen LogP contribution < -0.4 is 0 Å². The molecule has 0 spiro atoms. The van der Waals surface area contributed by atoms with Crippen LogP contribution in [-0.4, -0.2) is 15.3 Å². The molecule has 0 saturated carbocycles. The second-order valence-electron chi connectivity index (χ2n) is 5.21. The topological polar surface area (TPSA) is 60.7 Å². The zero-order valence-corrected chi connectivity index (χ0v) is 13.8. The van der Waals surface area contributed by atoms with Gasteiger partial charge < -0.3 is 15.3 Å². The minimum atomic E-state index is -0.0400. The Bertz CT molecular complexity index is 636. The molecule has 24 heavy (non-hydrogen) atoms. The summed E-state index contributed by atoms with van der Waals surface area (Å²) in [5.74, 6) is 0.624. The van der Waals surface area contributed by atoms with E-state index < -0.39 is 0 Å². The summed E-state index contributed by atoms with van der Waals surface area (Å²) in [7, 11) is 0.